The Morgan fingerprint density at radius 2 is 2.15 bits per heavy atom. The first-order chi connectivity index (χ1) is 9.67. The molecule has 0 spiro atoms. The lowest BCUT2D eigenvalue weighted by molar-refractivity contribution is -0.118. The second-order valence-electron chi connectivity index (χ2n) is 4.32. The number of carbonyl (C=O) groups is 1. The molecule has 6 heteroatoms. The average Bonchev–Trinajstić information content (AvgIpc) is 2.86. The minimum atomic E-state index is -0.255. The van der Waals surface area contributed by atoms with Crippen LogP contribution in [-0.4, -0.2) is 22.7 Å². The van der Waals surface area contributed by atoms with E-state index in [0.29, 0.717) is 16.6 Å². The number of nitrogens with one attached hydrogen (secondary N) is 2. The first-order valence-electron chi connectivity index (χ1n) is 6.40. The van der Waals surface area contributed by atoms with Crippen LogP contribution in [0.25, 0.3) is 0 Å². The normalized spacial score (nSPS) is 10.3. The van der Waals surface area contributed by atoms with Gasteiger partial charge in [-0.05, 0) is 30.7 Å². The van der Waals surface area contributed by atoms with Crippen LogP contribution in [0.15, 0.2) is 30.3 Å². The number of aryl methyl sites for hydroxylation is 1. The molecule has 0 bridgehead atoms. The molecule has 0 aliphatic rings. The average molecular weight is 294 g/mol. The van der Waals surface area contributed by atoms with E-state index in [1.165, 1.54) is 0 Å². The zero-order valence-electron chi connectivity index (χ0n) is 11.1. The molecule has 0 aliphatic heterocycles. The fourth-order valence-corrected chi connectivity index (χ4v) is 1.81. The van der Waals surface area contributed by atoms with Crippen LogP contribution in [-0.2, 0) is 11.2 Å². The smallest absolute Gasteiger partial charge is 0.263 e. The van der Waals surface area contributed by atoms with Gasteiger partial charge in [0.1, 0.15) is 5.75 Å². The molecule has 1 amide bonds. The first-order valence-corrected chi connectivity index (χ1v) is 6.77. The molecule has 2 rings (SSSR count). The zero-order valence-corrected chi connectivity index (χ0v) is 11.9. The summed E-state index contributed by atoms with van der Waals surface area (Å²) >= 11 is 5.76. The summed E-state index contributed by atoms with van der Waals surface area (Å²) in [4.78, 5) is 11.7. The van der Waals surface area contributed by atoms with Gasteiger partial charge in [-0.1, -0.05) is 24.9 Å². The van der Waals surface area contributed by atoms with Gasteiger partial charge in [0.15, 0.2) is 12.4 Å². The Balaban J connectivity index is 1.81. The maximum absolute atomic E-state index is 11.7. The maximum atomic E-state index is 11.7. The lowest BCUT2D eigenvalue weighted by atomic mass is 10.2. The molecule has 5 nitrogen and oxygen atoms in total. The van der Waals surface area contributed by atoms with Gasteiger partial charge in [-0.15, -0.1) is 0 Å². The number of aromatic nitrogens is 2. The molecule has 0 atom stereocenters. The van der Waals surface area contributed by atoms with Crippen molar-refractivity contribution in [3.05, 3.63) is 41.0 Å². The van der Waals surface area contributed by atoms with Gasteiger partial charge in [-0.25, -0.2) is 0 Å². The summed E-state index contributed by atoms with van der Waals surface area (Å²) in [7, 11) is 0. The Morgan fingerprint density at radius 1 is 1.40 bits per heavy atom. The third-order valence-electron chi connectivity index (χ3n) is 2.60. The van der Waals surface area contributed by atoms with Crippen molar-refractivity contribution in [1.82, 2.24) is 10.2 Å². The number of hydrogen-bond donors (Lipinski definition) is 2. The number of nitrogens with zero attached hydrogens (tertiary/aromatic N) is 1. The Hall–Kier alpha value is -2.01. The van der Waals surface area contributed by atoms with E-state index in [1.54, 1.807) is 24.3 Å². The largest absolute Gasteiger partial charge is 0.484 e. The van der Waals surface area contributed by atoms with E-state index in [2.05, 4.69) is 22.4 Å². The van der Waals surface area contributed by atoms with Crippen LogP contribution >= 0.6 is 11.6 Å². The number of ether oxygens (including phenoxy) is 1. The SMILES string of the molecule is CCCc1cc(NC(=O)COc2ccc(Cl)cc2)n[nH]1. The molecule has 0 saturated heterocycles. The number of H-pyrrole nitrogens is 1. The van der Waals surface area contributed by atoms with Gasteiger partial charge < -0.3 is 10.1 Å². The molecule has 1 heterocycles. The minimum Gasteiger partial charge on any atom is -0.484 e. The topological polar surface area (TPSA) is 67.0 Å². The lowest BCUT2D eigenvalue weighted by Crippen LogP contribution is -2.20. The highest BCUT2D eigenvalue weighted by atomic mass is 35.5. The van der Waals surface area contributed by atoms with Crippen LogP contribution in [0.2, 0.25) is 5.02 Å². The van der Waals surface area contributed by atoms with Crippen molar-refractivity contribution < 1.29 is 9.53 Å². The Kier molecular flexibility index (Phi) is 5.01. The van der Waals surface area contributed by atoms with Gasteiger partial charge in [0, 0.05) is 16.8 Å². The highest BCUT2D eigenvalue weighted by Gasteiger charge is 2.06. The highest BCUT2D eigenvalue weighted by Crippen LogP contribution is 2.15. The van der Waals surface area contributed by atoms with E-state index in [-0.39, 0.29) is 12.5 Å². The van der Waals surface area contributed by atoms with Crippen LogP contribution in [0.1, 0.15) is 19.0 Å². The van der Waals surface area contributed by atoms with Gasteiger partial charge in [0.2, 0.25) is 0 Å². The van der Waals surface area contributed by atoms with Gasteiger partial charge in [0.25, 0.3) is 5.91 Å². The molecule has 2 N–H and O–H groups in total. The lowest BCUT2D eigenvalue weighted by Gasteiger charge is -2.05. The third-order valence-corrected chi connectivity index (χ3v) is 2.85. The van der Waals surface area contributed by atoms with Crippen LogP contribution < -0.4 is 10.1 Å². The van der Waals surface area contributed by atoms with Crippen molar-refractivity contribution in [2.75, 3.05) is 11.9 Å². The maximum Gasteiger partial charge on any atom is 0.263 e. The number of aromatic amines is 1. The molecule has 20 heavy (non-hydrogen) atoms. The number of halogens is 1. The molecular weight excluding hydrogens is 278 g/mol. The molecule has 1 aromatic carbocycles. The van der Waals surface area contributed by atoms with Gasteiger partial charge in [-0.2, -0.15) is 5.10 Å². The number of amides is 1. The zero-order chi connectivity index (χ0) is 14.4. The second kappa shape index (κ2) is 6.96. The van der Waals surface area contributed by atoms with Crippen LogP contribution in [0, 0.1) is 0 Å². The highest BCUT2D eigenvalue weighted by molar-refractivity contribution is 6.30. The summed E-state index contributed by atoms with van der Waals surface area (Å²) in [5, 5.41) is 10.2. The number of anilines is 1. The van der Waals surface area contributed by atoms with Crippen LogP contribution in [0.4, 0.5) is 5.82 Å². The van der Waals surface area contributed by atoms with E-state index in [1.807, 2.05) is 6.07 Å². The number of benzene rings is 1. The summed E-state index contributed by atoms with van der Waals surface area (Å²) in [5.41, 5.74) is 1.00. The van der Waals surface area contributed by atoms with Gasteiger partial charge >= 0.3 is 0 Å². The summed E-state index contributed by atoms with van der Waals surface area (Å²) in [6, 6.07) is 8.66. The van der Waals surface area contributed by atoms with Gasteiger partial charge in [-0.3, -0.25) is 9.89 Å². The number of rotatable bonds is 6. The molecule has 0 unspecified atom stereocenters. The van der Waals surface area contributed by atoms with Crippen molar-refractivity contribution in [1.29, 1.82) is 0 Å². The van der Waals surface area contributed by atoms with Crippen molar-refractivity contribution in [3.8, 4) is 5.75 Å². The van der Waals surface area contributed by atoms with Crippen LogP contribution in [0.3, 0.4) is 0 Å². The quantitative estimate of drug-likeness (QED) is 0.860. The monoisotopic (exact) mass is 293 g/mol. The Labute approximate surface area is 122 Å². The van der Waals surface area contributed by atoms with Gasteiger partial charge in [0.05, 0.1) is 0 Å². The van der Waals surface area contributed by atoms with E-state index in [4.69, 9.17) is 16.3 Å². The third kappa shape index (κ3) is 4.28. The van der Waals surface area contributed by atoms with E-state index in [0.717, 1.165) is 18.5 Å². The van der Waals surface area contributed by atoms with Crippen molar-refractivity contribution in [3.63, 3.8) is 0 Å². The summed E-state index contributed by atoms with van der Waals surface area (Å²) in [5.74, 6) is 0.853. The summed E-state index contributed by atoms with van der Waals surface area (Å²) in [6.45, 7) is 2.01. The van der Waals surface area contributed by atoms with Crippen LogP contribution in [0.5, 0.6) is 5.75 Å². The van der Waals surface area contributed by atoms with Crippen molar-refractivity contribution in [2.24, 2.45) is 0 Å². The predicted octanol–water partition coefficient (Wildman–Crippen LogP) is 3.03. The Bertz CT molecular complexity index is 566. The Morgan fingerprint density at radius 3 is 2.85 bits per heavy atom. The standard InChI is InChI=1S/C14H16ClN3O2/c1-2-3-11-8-13(18-17-11)16-14(19)9-20-12-6-4-10(15)5-7-12/h4-8H,2-3,9H2,1H3,(H2,16,17,18,19). The van der Waals surface area contributed by atoms with Crippen molar-refractivity contribution >= 4 is 23.3 Å². The molecular formula is C14H16ClN3O2. The van der Waals surface area contributed by atoms with E-state index < -0.39 is 0 Å². The molecule has 106 valence electrons. The molecule has 0 radical (unpaired) electrons. The van der Waals surface area contributed by atoms with E-state index in [9.17, 15) is 4.79 Å². The summed E-state index contributed by atoms with van der Waals surface area (Å²) < 4.78 is 5.34. The van der Waals surface area contributed by atoms with Crippen molar-refractivity contribution in [2.45, 2.75) is 19.8 Å². The molecule has 2 aromatic rings. The predicted molar refractivity (Wildman–Crippen MR) is 78.2 cm³/mol. The second-order valence-corrected chi connectivity index (χ2v) is 4.76. The molecule has 1 aromatic heterocycles. The summed E-state index contributed by atoms with van der Waals surface area (Å²) in [6.07, 6.45) is 1.93. The fourth-order valence-electron chi connectivity index (χ4n) is 1.68. The minimum absolute atomic E-state index is 0.0718. The molecule has 0 saturated carbocycles. The fraction of sp³-hybridized carbons (Fsp3) is 0.286. The molecule has 0 fully saturated rings. The molecule has 0 aliphatic carbocycles. The first kappa shape index (κ1) is 14.4. The van der Waals surface area contributed by atoms with E-state index >= 15 is 0 Å². The number of hydrogen-bond acceptors (Lipinski definition) is 3. The number of carbonyl (C=O) groups excluding carboxylic acids is 1.